The van der Waals surface area contributed by atoms with Gasteiger partial charge in [-0.2, -0.15) is 0 Å². The number of amides is 2. The van der Waals surface area contributed by atoms with Crippen LogP contribution in [0.3, 0.4) is 0 Å². The first-order valence-corrected chi connectivity index (χ1v) is 17.1. The Kier molecular flexibility index (Phi) is 10.8. The molecule has 0 heterocycles. The Labute approximate surface area is 274 Å². The van der Waals surface area contributed by atoms with Crippen molar-refractivity contribution in [2.24, 2.45) is 0 Å². The van der Waals surface area contributed by atoms with Gasteiger partial charge in [0.05, 0.1) is 10.6 Å². The highest BCUT2D eigenvalue weighted by molar-refractivity contribution is 7.92. The summed E-state index contributed by atoms with van der Waals surface area (Å²) >= 11 is 12.4. The fraction of sp³-hybridized carbons (Fsp3) is 0.257. The zero-order valence-electron chi connectivity index (χ0n) is 24.7. The number of hydrogen-bond donors (Lipinski definition) is 1. The molecule has 1 atom stereocenters. The Bertz CT molecular complexity index is 1700. The molecule has 10 heteroatoms. The molecule has 45 heavy (non-hydrogen) atoms. The van der Waals surface area contributed by atoms with Gasteiger partial charge in [0.25, 0.3) is 10.0 Å². The lowest BCUT2D eigenvalue weighted by atomic mass is 10.0. The van der Waals surface area contributed by atoms with E-state index in [2.05, 4.69) is 5.32 Å². The van der Waals surface area contributed by atoms with Crippen molar-refractivity contribution in [3.63, 3.8) is 0 Å². The first-order chi connectivity index (χ1) is 21.7. The molecule has 0 radical (unpaired) electrons. The van der Waals surface area contributed by atoms with Gasteiger partial charge >= 0.3 is 0 Å². The molecule has 1 fully saturated rings. The van der Waals surface area contributed by atoms with Crippen LogP contribution in [0, 0.1) is 0 Å². The zero-order valence-corrected chi connectivity index (χ0v) is 27.0. The molecule has 0 spiro atoms. The minimum Gasteiger partial charge on any atom is -0.352 e. The first-order valence-electron chi connectivity index (χ1n) is 14.9. The highest BCUT2D eigenvalue weighted by atomic mass is 35.5. The summed E-state index contributed by atoms with van der Waals surface area (Å²) in [5.41, 5.74) is 1.91. The summed E-state index contributed by atoms with van der Waals surface area (Å²) in [5, 5.41) is 4.06. The number of carbonyl (C=O) groups is 2. The van der Waals surface area contributed by atoms with E-state index in [0.29, 0.717) is 15.7 Å². The van der Waals surface area contributed by atoms with E-state index in [0.717, 1.165) is 41.1 Å². The smallest absolute Gasteiger partial charge is 0.264 e. The summed E-state index contributed by atoms with van der Waals surface area (Å²) in [5.74, 6) is -0.799. The van der Waals surface area contributed by atoms with Crippen LogP contribution >= 0.6 is 23.2 Å². The molecule has 0 aromatic heterocycles. The molecule has 7 nitrogen and oxygen atoms in total. The number of nitrogens with zero attached hydrogens (tertiary/aromatic N) is 2. The van der Waals surface area contributed by atoms with E-state index in [-0.39, 0.29) is 29.8 Å². The molecule has 1 aliphatic carbocycles. The molecule has 0 aliphatic heterocycles. The van der Waals surface area contributed by atoms with Crippen LogP contribution < -0.4 is 9.62 Å². The third-order valence-electron chi connectivity index (χ3n) is 7.94. The van der Waals surface area contributed by atoms with Gasteiger partial charge in [0.2, 0.25) is 11.8 Å². The molecule has 4 aromatic rings. The largest absolute Gasteiger partial charge is 0.352 e. The second-order valence-electron chi connectivity index (χ2n) is 11.1. The number of benzene rings is 4. The topological polar surface area (TPSA) is 86.8 Å². The molecule has 0 bridgehead atoms. The summed E-state index contributed by atoms with van der Waals surface area (Å²) in [6, 6.07) is 30.0. The number of halogens is 2. The number of anilines is 1. The Hall–Kier alpha value is -3.85. The summed E-state index contributed by atoms with van der Waals surface area (Å²) in [4.78, 5) is 30.0. The maximum absolute atomic E-state index is 14.5. The number of rotatable bonds is 12. The second-order valence-corrected chi connectivity index (χ2v) is 13.9. The Morgan fingerprint density at radius 1 is 0.778 bits per heavy atom. The molecule has 1 saturated carbocycles. The molecule has 1 aliphatic rings. The van der Waals surface area contributed by atoms with Gasteiger partial charge in [-0.05, 0) is 72.5 Å². The number of hydrogen-bond acceptors (Lipinski definition) is 4. The monoisotopic (exact) mass is 663 g/mol. The van der Waals surface area contributed by atoms with Gasteiger partial charge in [-0.25, -0.2) is 8.42 Å². The van der Waals surface area contributed by atoms with Crippen molar-refractivity contribution < 1.29 is 18.0 Å². The molecule has 4 aromatic carbocycles. The van der Waals surface area contributed by atoms with E-state index >= 15 is 0 Å². The lowest BCUT2D eigenvalue weighted by Crippen LogP contribution is -2.54. The van der Waals surface area contributed by atoms with Crippen molar-refractivity contribution >= 4 is 50.7 Å². The van der Waals surface area contributed by atoms with Crippen LogP contribution in [0.15, 0.2) is 114 Å². The number of nitrogens with one attached hydrogen (secondary N) is 1. The van der Waals surface area contributed by atoms with Gasteiger partial charge in [0, 0.05) is 29.1 Å². The average molecular weight is 665 g/mol. The van der Waals surface area contributed by atoms with Crippen LogP contribution in [0.1, 0.15) is 36.8 Å². The fourth-order valence-corrected chi connectivity index (χ4v) is 7.36. The molecule has 5 rings (SSSR count). The van der Waals surface area contributed by atoms with Gasteiger partial charge in [0.15, 0.2) is 0 Å². The van der Waals surface area contributed by atoms with Crippen LogP contribution in [-0.2, 0) is 32.6 Å². The third-order valence-corrected chi connectivity index (χ3v) is 10.2. The lowest BCUT2D eigenvalue weighted by molar-refractivity contribution is -0.140. The molecular weight excluding hydrogens is 629 g/mol. The summed E-state index contributed by atoms with van der Waals surface area (Å²) < 4.78 is 29.2. The average Bonchev–Trinajstić information content (AvgIpc) is 3.55. The van der Waals surface area contributed by atoms with E-state index in [4.69, 9.17) is 23.2 Å². The van der Waals surface area contributed by atoms with Gasteiger partial charge in [-0.1, -0.05) is 96.7 Å². The summed E-state index contributed by atoms with van der Waals surface area (Å²) in [6.07, 6.45) is 4.09. The van der Waals surface area contributed by atoms with Crippen molar-refractivity contribution in [1.82, 2.24) is 10.2 Å². The molecule has 2 amide bonds. The normalized spacial score (nSPS) is 14.1. The predicted molar refractivity (Wildman–Crippen MR) is 179 cm³/mol. The van der Waals surface area contributed by atoms with E-state index in [1.807, 2.05) is 36.4 Å². The van der Waals surface area contributed by atoms with Crippen molar-refractivity contribution in [2.75, 3.05) is 10.8 Å². The van der Waals surface area contributed by atoms with Crippen LogP contribution in [0.25, 0.3) is 0 Å². The van der Waals surface area contributed by atoms with Gasteiger partial charge in [-0.15, -0.1) is 0 Å². The number of carbonyl (C=O) groups excluding carboxylic acids is 2. The van der Waals surface area contributed by atoms with Gasteiger partial charge < -0.3 is 10.2 Å². The van der Waals surface area contributed by atoms with Gasteiger partial charge in [0.1, 0.15) is 12.6 Å². The Balaban J connectivity index is 1.55. The standard InChI is InChI=1S/C35H35Cl2N3O4S/c36-28-18-20-32(21-19-28)45(43,44)40(31-16-5-2-6-17-31)25-34(41)39(24-27-12-9-13-29(37)22-27)33(23-26-10-3-1-4-11-26)35(42)38-30-14-7-8-15-30/h1-6,9-13,16-22,30,33H,7-8,14-15,23-25H2,(H,38,42). The molecular formula is C35H35Cl2N3O4S. The summed E-state index contributed by atoms with van der Waals surface area (Å²) in [6.45, 7) is -0.476. The third kappa shape index (κ3) is 8.45. The fourth-order valence-electron chi connectivity index (χ4n) is 5.61. The number of sulfonamides is 1. The maximum atomic E-state index is 14.5. The van der Waals surface area contributed by atoms with Crippen molar-refractivity contribution in [3.8, 4) is 0 Å². The van der Waals surface area contributed by atoms with E-state index in [1.54, 1.807) is 48.5 Å². The quantitative estimate of drug-likeness (QED) is 0.179. The molecule has 0 saturated heterocycles. The predicted octanol–water partition coefficient (Wildman–Crippen LogP) is 6.89. The second kappa shape index (κ2) is 15.0. The number of para-hydroxylation sites is 1. The molecule has 1 N–H and O–H groups in total. The first kappa shape index (κ1) is 32.5. The maximum Gasteiger partial charge on any atom is 0.264 e. The highest BCUT2D eigenvalue weighted by Gasteiger charge is 2.35. The van der Waals surface area contributed by atoms with Crippen LogP contribution in [0.5, 0.6) is 0 Å². The minimum absolute atomic E-state index is 0.00948. The molecule has 1 unspecified atom stereocenters. The Morgan fingerprint density at radius 2 is 1.40 bits per heavy atom. The van der Waals surface area contributed by atoms with Crippen molar-refractivity contribution in [1.29, 1.82) is 0 Å². The lowest BCUT2D eigenvalue weighted by Gasteiger charge is -2.34. The van der Waals surface area contributed by atoms with E-state index < -0.39 is 28.5 Å². The SMILES string of the molecule is O=C(NC1CCCC1)C(Cc1ccccc1)N(Cc1cccc(Cl)c1)C(=O)CN(c1ccccc1)S(=O)(=O)c1ccc(Cl)cc1. The highest BCUT2D eigenvalue weighted by Crippen LogP contribution is 2.26. The van der Waals surface area contributed by atoms with Crippen LogP contribution in [0.4, 0.5) is 5.69 Å². The Morgan fingerprint density at radius 3 is 2.04 bits per heavy atom. The van der Waals surface area contributed by atoms with E-state index in [1.165, 1.54) is 29.2 Å². The van der Waals surface area contributed by atoms with Crippen molar-refractivity contribution in [2.45, 2.75) is 55.6 Å². The minimum atomic E-state index is -4.20. The zero-order chi connectivity index (χ0) is 31.8. The van der Waals surface area contributed by atoms with Crippen LogP contribution in [0.2, 0.25) is 10.0 Å². The summed E-state index contributed by atoms with van der Waals surface area (Å²) in [7, 11) is -4.20. The van der Waals surface area contributed by atoms with Crippen molar-refractivity contribution in [3.05, 3.63) is 130 Å². The van der Waals surface area contributed by atoms with Gasteiger partial charge in [-0.3, -0.25) is 13.9 Å². The van der Waals surface area contributed by atoms with Crippen LogP contribution in [-0.4, -0.2) is 43.8 Å². The molecule has 234 valence electrons. The van der Waals surface area contributed by atoms with E-state index in [9.17, 15) is 18.0 Å².